The molecule has 1 aliphatic heterocycles. The molecule has 1 aromatic carbocycles. The molecule has 2 heteroatoms. The second-order valence-corrected chi connectivity index (χ2v) is 5.67. The molecule has 0 radical (unpaired) electrons. The number of hydrogen-bond acceptors (Lipinski definition) is 1. The molecule has 1 aromatic heterocycles. The van der Waals surface area contributed by atoms with E-state index in [-0.39, 0.29) is 0 Å². The predicted octanol–water partition coefficient (Wildman–Crippen LogP) is 3.72. The van der Waals surface area contributed by atoms with Gasteiger partial charge < -0.3 is 9.88 Å². The maximum Gasteiger partial charge on any atom is 0.0480 e. The zero-order chi connectivity index (χ0) is 13.4. The monoisotopic (exact) mass is 254 g/mol. The molecule has 2 nitrogen and oxygen atoms in total. The van der Waals surface area contributed by atoms with Gasteiger partial charge in [0.1, 0.15) is 0 Å². The van der Waals surface area contributed by atoms with Crippen molar-refractivity contribution in [2.45, 2.75) is 38.6 Å². The van der Waals surface area contributed by atoms with Crippen LogP contribution in [0.2, 0.25) is 0 Å². The van der Waals surface area contributed by atoms with Crippen molar-refractivity contribution in [1.82, 2.24) is 9.88 Å². The number of nitrogens with zero attached hydrogens (tertiary/aromatic N) is 1. The Bertz CT molecular complexity index is 621. The van der Waals surface area contributed by atoms with E-state index in [1.54, 1.807) is 0 Å². The van der Waals surface area contributed by atoms with Crippen LogP contribution < -0.4 is 5.32 Å². The van der Waals surface area contributed by atoms with Crippen molar-refractivity contribution in [1.29, 1.82) is 0 Å². The van der Waals surface area contributed by atoms with Crippen molar-refractivity contribution in [2.24, 2.45) is 7.05 Å². The Morgan fingerprint density at radius 3 is 2.95 bits per heavy atom. The third-order valence-corrected chi connectivity index (χ3v) is 4.21. The number of aromatic nitrogens is 1. The van der Waals surface area contributed by atoms with Crippen molar-refractivity contribution in [3.05, 3.63) is 47.8 Å². The van der Waals surface area contributed by atoms with Gasteiger partial charge in [0.05, 0.1) is 0 Å². The molecule has 0 fully saturated rings. The maximum absolute atomic E-state index is 3.37. The van der Waals surface area contributed by atoms with Gasteiger partial charge in [0.15, 0.2) is 0 Å². The normalized spacial score (nSPS) is 22.7. The SMILES string of the molecule is CCc1ccc2c(c1)c(C1C=CNC(C)C1)cn2C. The lowest BCUT2D eigenvalue weighted by Crippen LogP contribution is -2.26. The minimum Gasteiger partial charge on any atom is -0.389 e. The van der Waals surface area contributed by atoms with Gasteiger partial charge in [-0.05, 0) is 49.2 Å². The zero-order valence-electron chi connectivity index (χ0n) is 12.0. The molecule has 3 rings (SSSR count). The number of nitrogens with one attached hydrogen (secondary N) is 1. The van der Waals surface area contributed by atoms with E-state index in [2.05, 4.69) is 67.5 Å². The molecule has 2 atom stereocenters. The summed E-state index contributed by atoms with van der Waals surface area (Å²) in [4.78, 5) is 0. The Morgan fingerprint density at radius 2 is 2.21 bits per heavy atom. The van der Waals surface area contributed by atoms with Crippen molar-refractivity contribution in [3.8, 4) is 0 Å². The predicted molar refractivity (Wildman–Crippen MR) is 81.4 cm³/mol. The highest BCUT2D eigenvalue weighted by atomic mass is 14.9. The van der Waals surface area contributed by atoms with Crippen LogP contribution >= 0.6 is 0 Å². The van der Waals surface area contributed by atoms with Crippen molar-refractivity contribution >= 4 is 10.9 Å². The molecule has 2 heterocycles. The molecule has 0 aliphatic carbocycles. The second-order valence-electron chi connectivity index (χ2n) is 5.67. The van der Waals surface area contributed by atoms with Crippen LogP contribution in [0.5, 0.6) is 0 Å². The molecule has 1 N–H and O–H groups in total. The lowest BCUT2D eigenvalue weighted by atomic mass is 9.90. The van der Waals surface area contributed by atoms with Gasteiger partial charge in [-0.1, -0.05) is 19.1 Å². The standard InChI is InChI=1S/C17H22N2/c1-4-13-5-6-17-15(10-13)16(11-19(17)3)14-7-8-18-12(2)9-14/h5-8,10-12,14,18H,4,9H2,1-3H3. The molecule has 0 saturated carbocycles. The third-order valence-electron chi connectivity index (χ3n) is 4.21. The highest BCUT2D eigenvalue weighted by Crippen LogP contribution is 2.33. The van der Waals surface area contributed by atoms with Gasteiger partial charge in [0, 0.05) is 36.1 Å². The van der Waals surface area contributed by atoms with Crippen molar-refractivity contribution < 1.29 is 0 Å². The molecule has 0 saturated heterocycles. The number of benzene rings is 1. The zero-order valence-corrected chi connectivity index (χ0v) is 12.0. The summed E-state index contributed by atoms with van der Waals surface area (Å²) in [6, 6.07) is 7.42. The van der Waals surface area contributed by atoms with E-state index in [0.29, 0.717) is 12.0 Å². The molecule has 0 spiro atoms. The van der Waals surface area contributed by atoms with E-state index in [1.165, 1.54) is 28.5 Å². The molecule has 0 bridgehead atoms. The van der Waals surface area contributed by atoms with E-state index >= 15 is 0 Å². The fourth-order valence-corrected chi connectivity index (χ4v) is 3.08. The van der Waals surface area contributed by atoms with Crippen LogP contribution in [0, 0.1) is 0 Å². The molecule has 2 aromatic rings. The molecule has 2 unspecified atom stereocenters. The highest BCUT2D eigenvalue weighted by molar-refractivity contribution is 5.85. The van der Waals surface area contributed by atoms with E-state index in [4.69, 9.17) is 0 Å². The van der Waals surface area contributed by atoms with Gasteiger partial charge in [-0.3, -0.25) is 0 Å². The van der Waals surface area contributed by atoms with E-state index in [0.717, 1.165) is 6.42 Å². The number of fused-ring (bicyclic) bond motifs is 1. The number of hydrogen-bond donors (Lipinski definition) is 1. The molecule has 0 amide bonds. The maximum atomic E-state index is 3.37. The lowest BCUT2D eigenvalue weighted by molar-refractivity contribution is 0.529. The summed E-state index contributed by atoms with van der Waals surface area (Å²) in [6.07, 6.45) is 8.99. The molecular weight excluding hydrogens is 232 g/mol. The quantitative estimate of drug-likeness (QED) is 0.864. The van der Waals surface area contributed by atoms with Crippen LogP contribution in [0.3, 0.4) is 0 Å². The van der Waals surface area contributed by atoms with Gasteiger partial charge in [-0.15, -0.1) is 0 Å². The van der Waals surface area contributed by atoms with Crippen molar-refractivity contribution in [3.63, 3.8) is 0 Å². The Hall–Kier alpha value is -1.70. The van der Waals surface area contributed by atoms with Gasteiger partial charge in [0.2, 0.25) is 0 Å². The first-order chi connectivity index (χ1) is 9.19. The van der Waals surface area contributed by atoms with Gasteiger partial charge in [-0.25, -0.2) is 0 Å². The molecule has 19 heavy (non-hydrogen) atoms. The minimum absolute atomic E-state index is 0.534. The summed E-state index contributed by atoms with van der Waals surface area (Å²) < 4.78 is 2.25. The fraction of sp³-hybridized carbons (Fsp3) is 0.412. The van der Waals surface area contributed by atoms with Crippen LogP contribution in [-0.4, -0.2) is 10.6 Å². The summed E-state index contributed by atoms with van der Waals surface area (Å²) in [7, 11) is 2.14. The molecule has 1 aliphatic rings. The Kier molecular flexibility index (Phi) is 3.09. The van der Waals surface area contributed by atoms with Gasteiger partial charge in [0.25, 0.3) is 0 Å². The summed E-state index contributed by atoms with van der Waals surface area (Å²) in [6.45, 7) is 4.47. The first kappa shape index (κ1) is 12.3. The summed E-state index contributed by atoms with van der Waals surface area (Å²) in [5, 5.41) is 4.79. The lowest BCUT2D eigenvalue weighted by Gasteiger charge is -2.23. The molecular formula is C17H22N2. The average Bonchev–Trinajstić information content (AvgIpc) is 2.75. The van der Waals surface area contributed by atoms with Crippen LogP contribution in [0.15, 0.2) is 36.7 Å². The Balaban J connectivity index is 2.12. The third kappa shape index (κ3) is 2.16. The fourth-order valence-electron chi connectivity index (χ4n) is 3.08. The van der Waals surface area contributed by atoms with E-state index < -0.39 is 0 Å². The average molecular weight is 254 g/mol. The Labute approximate surface area is 115 Å². The topological polar surface area (TPSA) is 17.0 Å². The number of aryl methyl sites for hydroxylation is 2. The highest BCUT2D eigenvalue weighted by Gasteiger charge is 2.19. The number of rotatable bonds is 2. The van der Waals surface area contributed by atoms with Gasteiger partial charge >= 0.3 is 0 Å². The van der Waals surface area contributed by atoms with Crippen molar-refractivity contribution in [2.75, 3.05) is 0 Å². The molecule has 100 valence electrons. The second kappa shape index (κ2) is 4.76. The summed E-state index contributed by atoms with van der Waals surface area (Å²) in [5.74, 6) is 0.534. The number of allylic oxidation sites excluding steroid dienone is 1. The van der Waals surface area contributed by atoms with E-state index in [1.807, 2.05) is 0 Å². The largest absolute Gasteiger partial charge is 0.389 e. The van der Waals surface area contributed by atoms with Crippen LogP contribution in [0.1, 0.15) is 37.3 Å². The Morgan fingerprint density at radius 1 is 1.37 bits per heavy atom. The summed E-state index contributed by atoms with van der Waals surface area (Å²) in [5.41, 5.74) is 4.23. The van der Waals surface area contributed by atoms with Crippen LogP contribution in [0.4, 0.5) is 0 Å². The van der Waals surface area contributed by atoms with Crippen LogP contribution in [-0.2, 0) is 13.5 Å². The van der Waals surface area contributed by atoms with E-state index in [9.17, 15) is 0 Å². The van der Waals surface area contributed by atoms with Gasteiger partial charge in [-0.2, -0.15) is 0 Å². The minimum atomic E-state index is 0.534. The smallest absolute Gasteiger partial charge is 0.0480 e. The van der Waals surface area contributed by atoms with Crippen LogP contribution in [0.25, 0.3) is 10.9 Å². The first-order valence-corrected chi connectivity index (χ1v) is 7.19. The summed E-state index contributed by atoms with van der Waals surface area (Å²) >= 11 is 0. The first-order valence-electron chi connectivity index (χ1n) is 7.19.